The molecule has 0 spiro atoms. The van der Waals surface area contributed by atoms with Crippen molar-refractivity contribution in [2.75, 3.05) is 27.1 Å². The number of fused-ring (bicyclic) bond motifs is 4. The molecule has 0 saturated heterocycles. The van der Waals surface area contributed by atoms with Gasteiger partial charge in [0, 0.05) is 24.2 Å². The van der Waals surface area contributed by atoms with E-state index in [0.717, 1.165) is 5.56 Å². The summed E-state index contributed by atoms with van der Waals surface area (Å²) in [5, 5.41) is 33.6. The molecule has 2 aliphatic heterocycles. The summed E-state index contributed by atoms with van der Waals surface area (Å²) in [5.74, 6) is 0.366. The molecule has 2 aromatic carbocycles. The molecule has 0 aromatic heterocycles. The summed E-state index contributed by atoms with van der Waals surface area (Å²) < 4.78 is 22.7. The van der Waals surface area contributed by atoms with Crippen LogP contribution in [0.1, 0.15) is 36.0 Å². The molecule has 2 aromatic rings. The first-order valence-corrected chi connectivity index (χ1v) is 13.5. The molecule has 11 nitrogen and oxygen atoms in total. The summed E-state index contributed by atoms with van der Waals surface area (Å²) in [4.78, 5) is 28.5. The number of benzene rings is 2. The summed E-state index contributed by atoms with van der Waals surface area (Å²) in [6.07, 6.45) is 3.26. The van der Waals surface area contributed by atoms with Gasteiger partial charge in [0.1, 0.15) is 12.2 Å². The molecule has 41 heavy (non-hydrogen) atoms. The highest BCUT2D eigenvalue weighted by Crippen LogP contribution is 2.51. The Labute approximate surface area is 237 Å². The smallest absolute Gasteiger partial charge is 0.247 e. The van der Waals surface area contributed by atoms with E-state index in [1.54, 1.807) is 36.4 Å². The number of aliphatic hydroxyl groups is 3. The molecule has 2 amide bonds. The van der Waals surface area contributed by atoms with Crippen LogP contribution in [0.3, 0.4) is 0 Å². The van der Waals surface area contributed by atoms with Gasteiger partial charge in [0.05, 0.1) is 32.3 Å². The molecule has 4 N–H and O–H groups in total. The molecule has 1 aliphatic carbocycles. The van der Waals surface area contributed by atoms with Crippen LogP contribution in [-0.4, -0.2) is 77.3 Å². The van der Waals surface area contributed by atoms with Gasteiger partial charge < -0.3 is 44.5 Å². The molecule has 3 aliphatic rings. The minimum atomic E-state index is -1.22. The number of nitrogens with one attached hydrogen (secondary N) is 1. The summed E-state index contributed by atoms with van der Waals surface area (Å²) >= 11 is 0. The van der Waals surface area contributed by atoms with Crippen LogP contribution >= 0.6 is 0 Å². The lowest BCUT2D eigenvalue weighted by Crippen LogP contribution is -2.55. The maximum atomic E-state index is 13.5. The van der Waals surface area contributed by atoms with Gasteiger partial charge in [0.2, 0.25) is 18.6 Å². The quantitative estimate of drug-likeness (QED) is 0.315. The standard InChI is InChI=1S/C30H34N2O9/c1-3-4-5-25(35)32(14-17-6-7-22-23(11-17)40-16-39-22)21-13-20(30(37)31-8-9-33)26-19-10-18(15-34)12-24(38-2)28(19)41-29(26)27(21)36/h4-7,10-13,21,26-27,29,33-34,36H,3,8-9,14-16H2,1-2H3,(H,31,37)/t21-,26+,27+,29+/m1/s1. The van der Waals surface area contributed by atoms with E-state index in [9.17, 15) is 24.9 Å². The number of ether oxygens (including phenoxy) is 4. The number of nitrogens with zero attached hydrogens (tertiary/aromatic N) is 1. The van der Waals surface area contributed by atoms with E-state index in [4.69, 9.17) is 18.9 Å². The molecule has 0 saturated carbocycles. The molecule has 0 fully saturated rings. The van der Waals surface area contributed by atoms with Gasteiger partial charge in [0.25, 0.3) is 0 Å². The average Bonchev–Trinajstić information content (AvgIpc) is 3.62. The molecule has 0 bridgehead atoms. The summed E-state index contributed by atoms with van der Waals surface area (Å²) in [6, 6.07) is 7.79. The van der Waals surface area contributed by atoms with Gasteiger partial charge in [-0.15, -0.1) is 0 Å². The monoisotopic (exact) mass is 566 g/mol. The second-order valence-corrected chi connectivity index (χ2v) is 9.98. The van der Waals surface area contributed by atoms with Gasteiger partial charge >= 0.3 is 0 Å². The van der Waals surface area contributed by atoms with E-state index < -0.39 is 30.1 Å². The van der Waals surface area contributed by atoms with Crippen molar-refractivity contribution >= 4 is 11.8 Å². The van der Waals surface area contributed by atoms with E-state index in [1.165, 1.54) is 18.1 Å². The lowest BCUT2D eigenvalue weighted by Gasteiger charge is -2.40. The van der Waals surface area contributed by atoms with Crippen LogP contribution in [0.25, 0.3) is 0 Å². The van der Waals surface area contributed by atoms with Crippen LogP contribution in [0.5, 0.6) is 23.0 Å². The van der Waals surface area contributed by atoms with E-state index >= 15 is 0 Å². The normalized spacial score (nSPS) is 22.0. The van der Waals surface area contributed by atoms with Gasteiger partial charge in [0.15, 0.2) is 23.0 Å². The van der Waals surface area contributed by atoms with Gasteiger partial charge in [-0.1, -0.05) is 19.1 Å². The van der Waals surface area contributed by atoms with Crippen molar-refractivity contribution in [2.45, 2.75) is 50.7 Å². The number of carbonyl (C=O) groups is 2. The van der Waals surface area contributed by atoms with Crippen molar-refractivity contribution in [3.05, 3.63) is 70.8 Å². The Morgan fingerprint density at radius 1 is 1.15 bits per heavy atom. The first-order valence-electron chi connectivity index (χ1n) is 13.5. The molecular formula is C30H34N2O9. The highest BCUT2D eigenvalue weighted by Gasteiger charge is 2.51. The Bertz CT molecular complexity index is 1370. The minimum absolute atomic E-state index is 0.0214. The molecule has 0 radical (unpaired) electrons. The second-order valence-electron chi connectivity index (χ2n) is 9.98. The average molecular weight is 567 g/mol. The summed E-state index contributed by atoms with van der Waals surface area (Å²) in [7, 11) is 1.47. The number of rotatable bonds is 10. The summed E-state index contributed by atoms with van der Waals surface area (Å²) in [5.41, 5.74) is 2.16. The predicted octanol–water partition coefficient (Wildman–Crippen LogP) is 1.53. The van der Waals surface area contributed by atoms with Crippen LogP contribution in [0.4, 0.5) is 0 Å². The van der Waals surface area contributed by atoms with E-state index in [1.807, 2.05) is 13.0 Å². The van der Waals surface area contributed by atoms with Crippen molar-refractivity contribution in [3.8, 4) is 23.0 Å². The van der Waals surface area contributed by atoms with Crippen molar-refractivity contribution in [3.63, 3.8) is 0 Å². The van der Waals surface area contributed by atoms with Gasteiger partial charge in [-0.25, -0.2) is 0 Å². The lowest BCUT2D eigenvalue weighted by molar-refractivity contribution is -0.133. The second kappa shape index (κ2) is 12.2. The minimum Gasteiger partial charge on any atom is -0.493 e. The molecule has 11 heteroatoms. The van der Waals surface area contributed by atoms with Crippen molar-refractivity contribution < 1.29 is 43.9 Å². The molecule has 4 atom stereocenters. The molecule has 2 heterocycles. The van der Waals surface area contributed by atoms with Crippen molar-refractivity contribution in [1.29, 1.82) is 0 Å². The Hall–Kier alpha value is -4.06. The summed E-state index contributed by atoms with van der Waals surface area (Å²) in [6.45, 7) is 1.63. The number of aliphatic hydroxyl groups excluding tert-OH is 3. The number of hydrogen-bond acceptors (Lipinski definition) is 9. The molecule has 0 unspecified atom stereocenters. The third-order valence-corrected chi connectivity index (χ3v) is 7.42. The van der Waals surface area contributed by atoms with E-state index in [-0.39, 0.29) is 44.6 Å². The zero-order valence-corrected chi connectivity index (χ0v) is 22.9. The Kier molecular flexibility index (Phi) is 8.48. The Balaban J connectivity index is 1.58. The number of carbonyl (C=O) groups excluding carboxylic acids is 2. The fourth-order valence-corrected chi connectivity index (χ4v) is 5.50. The third-order valence-electron chi connectivity index (χ3n) is 7.42. The first kappa shape index (κ1) is 28.5. The first-order chi connectivity index (χ1) is 19.9. The Morgan fingerprint density at radius 3 is 2.68 bits per heavy atom. The van der Waals surface area contributed by atoms with Crippen LogP contribution in [0.2, 0.25) is 0 Å². The highest BCUT2D eigenvalue weighted by atomic mass is 16.7. The van der Waals surface area contributed by atoms with Crippen LogP contribution in [0, 0.1) is 0 Å². The van der Waals surface area contributed by atoms with Crippen molar-refractivity contribution in [1.82, 2.24) is 10.2 Å². The SMILES string of the molecule is CCC=CC(=O)N(Cc1ccc2c(c1)OCO2)[C@@H]1C=C(C(=O)NCCO)[C@@H]2c3cc(CO)cc(OC)c3O[C@@H]2[C@H]1O. The molecular weight excluding hydrogens is 532 g/mol. The van der Waals surface area contributed by atoms with Gasteiger partial charge in [-0.3, -0.25) is 9.59 Å². The molecule has 5 rings (SSSR count). The fourth-order valence-electron chi connectivity index (χ4n) is 5.50. The zero-order chi connectivity index (χ0) is 29.1. The number of methoxy groups -OCH3 is 1. The number of allylic oxidation sites excluding steroid dienone is 1. The Morgan fingerprint density at radius 2 is 1.95 bits per heavy atom. The van der Waals surface area contributed by atoms with Gasteiger partial charge in [-0.05, 0) is 54.0 Å². The largest absolute Gasteiger partial charge is 0.493 e. The number of amides is 2. The fraction of sp³-hybridized carbons (Fsp3) is 0.400. The maximum absolute atomic E-state index is 13.5. The van der Waals surface area contributed by atoms with Crippen LogP contribution in [-0.2, 0) is 22.7 Å². The highest BCUT2D eigenvalue weighted by molar-refractivity contribution is 5.96. The molecule has 218 valence electrons. The lowest BCUT2D eigenvalue weighted by atomic mass is 9.77. The maximum Gasteiger partial charge on any atom is 0.247 e. The van der Waals surface area contributed by atoms with Gasteiger partial charge in [-0.2, -0.15) is 0 Å². The van der Waals surface area contributed by atoms with Crippen molar-refractivity contribution in [2.24, 2.45) is 0 Å². The van der Waals surface area contributed by atoms with E-state index in [0.29, 0.717) is 40.5 Å². The van der Waals surface area contributed by atoms with E-state index in [2.05, 4.69) is 5.32 Å². The van der Waals surface area contributed by atoms with Crippen LogP contribution < -0.4 is 24.3 Å². The number of hydrogen-bond donors (Lipinski definition) is 4. The van der Waals surface area contributed by atoms with Crippen LogP contribution in [0.15, 0.2) is 54.1 Å². The predicted molar refractivity (Wildman–Crippen MR) is 147 cm³/mol. The topological polar surface area (TPSA) is 147 Å². The third kappa shape index (κ3) is 5.48. The zero-order valence-electron chi connectivity index (χ0n) is 22.9.